The number of carbonyl (C=O) groups excluding carboxylic acids is 2. The molecule has 0 heterocycles. The minimum Gasteiger partial charge on any atom is -0.372 e. The molecule has 0 rings (SSSR count). The predicted octanol–water partition coefficient (Wildman–Crippen LogP) is 0.509. The lowest BCUT2D eigenvalue weighted by atomic mass is 10.1. The summed E-state index contributed by atoms with van der Waals surface area (Å²) in [5, 5.41) is 12.8. The van der Waals surface area contributed by atoms with E-state index in [1.807, 2.05) is 20.8 Å². The Morgan fingerprint density at radius 1 is 1.36 bits per heavy atom. The second-order valence-corrected chi connectivity index (χ2v) is 5.08. The first-order valence-corrected chi connectivity index (χ1v) is 7.52. The summed E-state index contributed by atoms with van der Waals surface area (Å²) in [6.07, 6.45) is 0.883. The summed E-state index contributed by atoms with van der Waals surface area (Å²) in [7, 11) is 3.22. The van der Waals surface area contributed by atoms with Gasteiger partial charge in [0.25, 0.3) is 0 Å². The second-order valence-electron chi connectivity index (χ2n) is 5.08. The summed E-state index contributed by atoms with van der Waals surface area (Å²) in [5.41, 5.74) is 0.949. The first kappa shape index (κ1) is 20.4. The maximum atomic E-state index is 12.2. The van der Waals surface area contributed by atoms with Gasteiger partial charge >= 0.3 is 0 Å². The van der Waals surface area contributed by atoms with Crippen LogP contribution >= 0.6 is 0 Å². The lowest BCUT2D eigenvalue weighted by molar-refractivity contribution is -0.132. The molecule has 0 aliphatic carbocycles. The summed E-state index contributed by atoms with van der Waals surface area (Å²) in [4.78, 5) is 25.6. The topological polar surface area (TPSA) is 82.1 Å². The number of hydrogen-bond acceptors (Lipinski definition) is 5. The lowest BCUT2D eigenvalue weighted by Gasteiger charge is -2.25. The lowest BCUT2D eigenvalue weighted by Crippen LogP contribution is -2.40. The van der Waals surface area contributed by atoms with E-state index in [0.717, 1.165) is 5.57 Å². The highest BCUT2D eigenvalue weighted by Crippen LogP contribution is 2.14. The molecule has 0 saturated heterocycles. The van der Waals surface area contributed by atoms with E-state index in [1.165, 1.54) is 9.80 Å². The van der Waals surface area contributed by atoms with Crippen molar-refractivity contribution in [2.75, 3.05) is 33.8 Å². The number of amides is 2. The van der Waals surface area contributed by atoms with Crippen LogP contribution in [0.15, 0.2) is 11.4 Å². The van der Waals surface area contributed by atoms with E-state index in [4.69, 9.17) is 4.74 Å². The summed E-state index contributed by atoms with van der Waals surface area (Å²) >= 11 is 0. The van der Waals surface area contributed by atoms with Crippen molar-refractivity contribution in [3.63, 3.8) is 0 Å². The standard InChI is InChI=1S/C15H29N3O4/c1-6-16-15(12(3)8-9-14(21)22-7-2)18(5)13(20)10-17(4)11-19/h11,14,16,21H,6-10H2,1-5H3/b15-12+. The molecular weight excluding hydrogens is 286 g/mol. The number of likely N-dealkylation sites (N-methyl/N-ethyl adjacent to an activating group) is 2. The van der Waals surface area contributed by atoms with Crippen molar-refractivity contribution in [1.29, 1.82) is 0 Å². The predicted molar refractivity (Wildman–Crippen MR) is 84.7 cm³/mol. The van der Waals surface area contributed by atoms with Crippen molar-refractivity contribution < 1.29 is 19.4 Å². The van der Waals surface area contributed by atoms with Gasteiger partial charge in [-0.05, 0) is 32.8 Å². The molecule has 0 fully saturated rings. The van der Waals surface area contributed by atoms with Crippen LogP contribution in [0.3, 0.4) is 0 Å². The van der Waals surface area contributed by atoms with Gasteiger partial charge in [-0.15, -0.1) is 0 Å². The molecule has 22 heavy (non-hydrogen) atoms. The monoisotopic (exact) mass is 315 g/mol. The van der Waals surface area contributed by atoms with Crippen molar-refractivity contribution in [3.8, 4) is 0 Å². The fourth-order valence-corrected chi connectivity index (χ4v) is 1.94. The molecular formula is C15H29N3O4. The Hall–Kier alpha value is -1.60. The Bertz CT molecular complexity index is 385. The molecule has 128 valence electrons. The van der Waals surface area contributed by atoms with Gasteiger partial charge in [-0.2, -0.15) is 0 Å². The molecule has 7 heteroatoms. The fourth-order valence-electron chi connectivity index (χ4n) is 1.94. The number of carbonyl (C=O) groups is 2. The highest BCUT2D eigenvalue weighted by molar-refractivity contribution is 5.81. The molecule has 2 N–H and O–H groups in total. The van der Waals surface area contributed by atoms with Gasteiger partial charge < -0.3 is 25.0 Å². The Balaban J connectivity index is 4.88. The Kier molecular flexibility index (Phi) is 10.2. The number of allylic oxidation sites excluding steroid dienone is 1. The molecule has 0 aromatic carbocycles. The third-order valence-electron chi connectivity index (χ3n) is 3.15. The second kappa shape index (κ2) is 11.0. The first-order chi connectivity index (χ1) is 10.4. The molecule has 0 aromatic heterocycles. The minimum absolute atomic E-state index is 0.0176. The van der Waals surface area contributed by atoms with Crippen LogP contribution in [0.2, 0.25) is 0 Å². The van der Waals surface area contributed by atoms with E-state index >= 15 is 0 Å². The van der Waals surface area contributed by atoms with Crippen LogP contribution < -0.4 is 5.32 Å². The summed E-state index contributed by atoms with van der Waals surface area (Å²) in [6.45, 7) is 6.82. The van der Waals surface area contributed by atoms with Crippen LogP contribution in [0.5, 0.6) is 0 Å². The maximum absolute atomic E-state index is 12.2. The van der Waals surface area contributed by atoms with E-state index < -0.39 is 6.29 Å². The van der Waals surface area contributed by atoms with Crippen molar-refractivity contribution >= 4 is 12.3 Å². The molecule has 0 radical (unpaired) electrons. The molecule has 0 spiro atoms. The van der Waals surface area contributed by atoms with Gasteiger partial charge in [0, 0.05) is 33.7 Å². The van der Waals surface area contributed by atoms with E-state index in [1.54, 1.807) is 14.1 Å². The number of aliphatic hydroxyl groups is 1. The fraction of sp³-hybridized carbons (Fsp3) is 0.733. The highest BCUT2D eigenvalue weighted by Gasteiger charge is 2.17. The van der Waals surface area contributed by atoms with Crippen molar-refractivity contribution in [2.24, 2.45) is 0 Å². The van der Waals surface area contributed by atoms with Crippen molar-refractivity contribution in [1.82, 2.24) is 15.1 Å². The Morgan fingerprint density at radius 3 is 2.50 bits per heavy atom. The summed E-state index contributed by atoms with van der Waals surface area (Å²) in [5.74, 6) is 0.519. The minimum atomic E-state index is -0.801. The number of aliphatic hydroxyl groups excluding tert-OH is 1. The molecule has 0 saturated carbocycles. The molecule has 0 bridgehead atoms. The number of nitrogens with one attached hydrogen (secondary N) is 1. The first-order valence-electron chi connectivity index (χ1n) is 7.52. The van der Waals surface area contributed by atoms with Crippen molar-refractivity contribution in [2.45, 2.75) is 39.9 Å². The van der Waals surface area contributed by atoms with Gasteiger partial charge in [0.05, 0.1) is 6.54 Å². The molecule has 0 aliphatic heterocycles. The molecule has 2 amide bonds. The summed E-state index contributed by atoms with van der Waals surface area (Å²) in [6, 6.07) is 0. The zero-order valence-corrected chi connectivity index (χ0v) is 14.3. The van der Waals surface area contributed by atoms with Crippen LogP contribution in [0.4, 0.5) is 0 Å². The van der Waals surface area contributed by atoms with Crippen LogP contribution in [0, 0.1) is 0 Å². The Morgan fingerprint density at radius 2 is 2.00 bits per heavy atom. The van der Waals surface area contributed by atoms with Gasteiger partial charge in [-0.25, -0.2) is 0 Å². The summed E-state index contributed by atoms with van der Waals surface area (Å²) < 4.78 is 5.09. The molecule has 0 aliphatic rings. The van der Waals surface area contributed by atoms with E-state index in [2.05, 4.69) is 5.32 Å². The van der Waals surface area contributed by atoms with Crippen molar-refractivity contribution in [3.05, 3.63) is 11.4 Å². The van der Waals surface area contributed by atoms with Gasteiger partial charge in [0.1, 0.15) is 5.82 Å². The van der Waals surface area contributed by atoms with E-state index in [9.17, 15) is 14.7 Å². The third kappa shape index (κ3) is 7.42. The third-order valence-corrected chi connectivity index (χ3v) is 3.15. The Labute approximate surface area is 132 Å². The van der Waals surface area contributed by atoms with Gasteiger partial charge in [0.2, 0.25) is 12.3 Å². The zero-order valence-electron chi connectivity index (χ0n) is 14.3. The van der Waals surface area contributed by atoms with Crippen LogP contribution in [0.25, 0.3) is 0 Å². The van der Waals surface area contributed by atoms with Gasteiger partial charge in [0.15, 0.2) is 6.29 Å². The van der Waals surface area contributed by atoms with Gasteiger partial charge in [-0.3, -0.25) is 9.59 Å². The number of rotatable bonds is 11. The largest absolute Gasteiger partial charge is 0.372 e. The average molecular weight is 315 g/mol. The smallest absolute Gasteiger partial charge is 0.247 e. The normalized spacial score (nSPS) is 13.2. The van der Waals surface area contributed by atoms with E-state index in [-0.39, 0.29) is 12.5 Å². The van der Waals surface area contributed by atoms with Crippen LogP contribution in [0.1, 0.15) is 33.6 Å². The molecule has 1 atom stereocenters. The SMILES string of the molecule is CCN/C(=C(/C)CCC(O)OCC)N(C)C(=O)CN(C)C=O. The number of hydrogen-bond donors (Lipinski definition) is 2. The van der Waals surface area contributed by atoms with Gasteiger partial charge in [-0.1, -0.05) is 0 Å². The quantitative estimate of drug-likeness (QED) is 0.429. The molecule has 1 unspecified atom stereocenters. The molecule has 0 aromatic rings. The maximum Gasteiger partial charge on any atom is 0.247 e. The highest BCUT2D eigenvalue weighted by atomic mass is 16.6. The number of nitrogens with zero attached hydrogens (tertiary/aromatic N) is 2. The van der Waals surface area contributed by atoms with E-state index in [0.29, 0.717) is 38.2 Å². The number of ether oxygens (including phenoxy) is 1. The zero-order chi connectivity index (χ0) is 17.1. The van der Waals surface area contributed by atoms with Crippen LogP contribution in [-0.4, -0.2) is 67.3 Å². The van der Waals surface area contributed by atoms with Crippen LogP contribution in [-0.2, 0) is 14.3 Å². The average Bonchev–Trinajstić information content (AvgIpc) is 2.49. The molecule has 7 nitrogen and oxygen atoms in total.